The zero-order chi connectivity index (χ0) is 22.4. The zero-order valence-corrected chi connectivity index (χ0v) is 15.0. The minimum Gasteiger partial charge on any atom is -0.478 e. The topological polar surface area (TPSA) is 137 Å². The number of carboxylic acids is 1. The summed E-state index contributed by atoms with van der Waals surface area (Å²) in [6.45, 7) is 0. The Morgan fingerprint density at radius 3 is 2.40 bits per heavy atom. The molecular formula is C16H7F4NO8S. The molecule has 0 aliphatic carbocycles. The highest BCUT2D eigenvalue weighted by Gasteiger charge is 2.49. The minimum absolute atomic E-state index is 0.0864. The first kappa shape index (κ1) is 21.0. The second-order valence-corrected chi connectivity index (χ2v) is 7.22. The van der Waals surface area contributed by atoms with Crippen LogP contribution in [-0.4, -0.2) is 29.9 Å². The zero-order valence-electron chi connectivity index (χ0n) is 14.1. The van der Waals surface area contributed by atoms with Crippen molar-refractivity contribution in [2.75, 3.05) is 0 Å². The molecule has 14 heteroatoms. The summed E-state index contributed by atoms with van der Waals surface area (Å²) in [6.07, 6.45) is 0. The van der Waals surface area contributed by atoms with Gasteiger partial charge in [0.2, 0.25) is 5.75 Å². The fourth-order valence-electron chi connectivity index (χ4n) is 2.53. The van der Waals surface area contributed by atoms with E-state index in [1.54, 1.807) is 0 Å². The fourth-order valence-corrected chi connectivity index (χ4v) is 3.00. The molecule has 0 aliphatic rings. The largest absolute Gasteiger partial charge is 0.534 e. The van der Waals surface area contributed by atoms with Gasteiger partial charge in [-0.15, -0.1) is 0 Å². The number of carbonyl (C=O) groups is 1. The van der Waals surface area contributed by atoms with Crippen molar-refractivity contribution in [3.05, 3.63) is 57.9 Å². The lowest BCUT2D eigenvalue weighted by Gasteiger charge is -2.09. The molecule has 1 N–H and O–H groups in total. The minimum atomic E-state index is -6.29. The number of alkyl halides is 3. The van der Waals surface area contributed by atoms with Gasteiger partial charge in [0.15, 0.2) is 0 Å². The van der Waals surface area contributed by atoms with Gasteiger partial charge in [0, 0.05) is 17.0 Å². The fraction of sp³-hybridized carbons (Fsp3) is 0.0625. The van der Waals surface area contributed by atoms with Gasteiger partial charge in [-0.3, -0.25) is 10.1 Å². The van der Waals surface area contributed by atoms with E-state index in [2.05, 4.69) is 4.18 Å². The van der Waals surface area contributed by atoms with Gasteiger partial charge in [-0.1, -0.05) is 12.1 Å². The van der Waals surface area contributed by atoms with E-state index in [1.165, 1.54) is 12.1 Å². The van der Waals surface area contributed by atoms with Crippen molar-refractivity contribution < 1.29 is 49.4 Å². The van der Waals surface area contributed by atoms with Crippen LogP contribution in [0.4, 0.5) is 23.2 Å². The van der Waals surface area contributed by atoms with Crippen LogP contribution < -0.4 is 4.18 Å². The third-order valence-electron chi connectivity index (χ3n) is 3.75. The molecule has 1 heterocycles. The molecule has 0 spiro atoms. The molecule has 0 fully saturated rings. The first-order chi connectivity index (χ1) is 13.8. The smallest absolute Gasteiger partial charge is 0.478 e. The maximum atomic E-state index is 13.5. The van der Waals surface area contributed by atoms with Gasteiger partial charge >= 0.3 is 27.3 Å². The van der Waals surface area contributed by atoms with Crippen LogP contribution in [0.1, 0.15) is 10.4 Å². The van der Waals surface area contributed by atoms with Crippen LogP contribution in [-0.2, 0) is 10.1 Å². The Morgan fingerprint density at radius 1 is 1.20 bits per heavy atom. The summed E-state index contributed by atoms with van der Waals surface area (Å²) in [5.74, 6) is -4.27. The lowest BCUT2D eigenvalue weighted by atomic mass is 10.0. The van der Waals surface area contributed by atoms with Gasteiger partial charge in [-0.2, -0.15) is 21.6 Å². The number of halogens is 4. The van der Waals surface area contributed by atoms with Crippen LogP contribution in [0.5, 0.6) is 5.75 Å². The summed E-state index contributed by atoms with van der Waals surface area (Å²) >= 11 is 0. The predicted octanol–water partition coefficient (Wildman–Crippen LogP) is 4.07. The maximum Gasteiger partial charge on any atom is 0.534 e. The van der Waals surface area contributed by atoms with Gasteiger partial charge in [-0.25, -0.2) is 9.18 Å². The Morgan fingerprint density at radius 2 is 1.87 bits per heavy atom. The quantitative estimate of drug-likeness (QED) is 0.202. The van der Waals surface area contributed by atoms with E-state index in [-0.39, 0.29) is 5.56 Å². The Kier molecular flexibility index (Phi) is 4.90. The van der Waals surface area contributed by atoms with Crippen LogP contribution in [0.3, 0.4) is 0 Å². The third-order valence-corrected chi connectivity index (χ3v) is 4.72. The van der Waals surface area contributed by atoms with E-state index in [0.29, 0.717) is 12.1 Å². The average molecular weight is 449 g/mol. The Hall–Kier alpha value is -3.68. The summed E-state index contributed by atoms with van der Waals surface area (Å²) < 4.78 is 83.0. The maximum absolute atomic E-state index is 13.5. The van der Waals surface area contributed by atoms with Gasteiger partial charge in [0.05, 0.1) is 11.0 Å². The van der Waals surface area contributed by atoms with E-state index in [9.17, 15) is 46.0 Å². The predicted molar refractivity (Wildman–Crippen MR) is 90.8 cm³/mol. The number of carboxylic acid groups (broad SMARTS) is 1. The number of nitro benzene ring substituents is 1. The highest BCUT2D eigenvalue weighted by Crippen LogP contribution is 2.41. The molecule has 158 valence electrons. The average Bonchev–Trinajstić information content (AvgIpc) is 2.98. The van der Waals surface area contributed by atoms with Crippen molar-refractivity contribution in [2.45, 2.75) is 5.51 Å². The van der Waals surface area contributed by atoms with Crippen molar-refractivity contribution in [1.82, 2.24) is 0 Å². The lowest BCUT2D eigenvalue weighted by molar-refractivity contribution is -0.385. The van der Waals surface area contributed by atoms with E-state index in [0.717, 1.165) is 12.1 Å². The number of nitrogens with zero attached hydrogens (tertiary/aromatic N) is 1. The third kappa shape index (κ3) is 3.63. The van der Waals surface area contributed by atoms with Crippen molar-refractivity contribution in [1.29, 1.82) is 0 Å². The Bertz CT molecular complexity index is 1300. The molecule has 2 aromatic carbocycles. The lowest BCUT2D eigenvalue weighted by Crippen LogP contribution is -2.28. The van der Waals surface area contributed by atoms with Crippen LogP contribution in [0.25, 0.3) is 22.3 Å². The normalized spacial score (nSPS) is 12.1. The monoisotopic (exact) mass is 449 g/mol. The summed E-state index contributed by atoms with van der Waals surface area (Å²) in [5, 5.41) is 20.2. The summed E-state index contributed by atoms with van der Waals surface area (Å²) in [4.78, 5) is 21.6. The standard InChI is InChI=1S/C16H7F4NO8S/c17-8-3-1-2-7(4-8)14-13(15(22)23)9-5-12(29-30(26,27)16(18,19)20)10(21(24)25)6-11(9)28-14/h1-6H,(H,22,23). The van der Waals surface area contributed by atoms with E-state index in [1.807, 2.05) is 0 Å². The Balaban J connectivity index is 2.32. The molecular weight excluding hydrogens is 442 g/mol. The number of fused-ring (bicyclic) bond motifs is 1. The van der Waals surface area contributed by atoms with Crippen molar-refractivity contribution >= 4 is 32.7 Å². The molecule has 0 unspecified atom stereocenters. The van der Waals surface area contributed by atoms with E-state index >= 15 is 0 Å². The van der Waals surface area contributed by atoms with Crippen molar-refractivity contribution in [3.63, 3.8) is 0 Å². The number of furan rings is 1. The van der Waals surface area contributed by atoms with Crippen molar-refractivity contribution in [2.24, 2.45) is 0 Å². The molecule has 30 heavy (non-hydrogen) atoms. The SMILES string of the molecule is O=C(O)c1c(-c2cccc(F)c2)oc2cc([N+](=O)[O-])c(OS(=O)(=O)C(F)(F)F)cc12. The summed E-state index contributed by atoms with van der Waals surface area (Å²) in [5.41, 5.74) is -8.38. The second-order valence-electron chi connectivity index (χ2n) is 5.68. The van der Waals surface area contributed by atoms with E-state index < -0.39 is 66.1 Å². The molecule has 0 saturated carbocycles. The Labute approximate surface area is 163 Å². The van der Waals surface area contributed by atoms with Gasteiger partial charge < -0.3 is 13.7 Å². The number of rotatable bonds is 5. The highest BCUT2D eigenvalue weighted by atomic mass is 32.2. The van der Waals surface area contributed by atoms with Crippen molar-refractivity contribution in [3.8, 4) is 17.1 Å². The summed E-state index contributed by atoms with van der Waals surface area (Å²) in [6, 6.07) is 5.34. The van der Waals surface area contributed by atoms with Crippen LogP contribution in [0.15, 0.2) is 40.8 Å². The number of benzene rings is 2. The molecule has 0 saturated heterocycles. The van der Waals surface area contributed by atoms with Gasteiger partial charge in [0.1, 0.15) is 22.7 Å². The van der Waals surface area contributed by atoms with Gasteiger partial charge in [0.25, 0.3) is 0 Å². The molecule has 1 aromatic heterocycles. The molecule has 0 bridgehead atoms. The van der Waals surface area contributed by atoms with Crippen LogP contribution in [0.2, 0.25) is 0 Å². The molecule has 9 nitrogen and oxygen atoms in total. The van der Waals surface area contributed by atoms with Gasteiger partial charge in [-0.05, 0) is 12.1 Å². The number of nitro groups is 1. The first-order valence-corrected chi connectivity index (χ1v) is 8.97. The number of hydrogen-bond acceptors (Lipinski definition) is 7. The molecule has 0 aliphatic heterocycles. The van der Waals surface area contributed by atoms with Crippen LogP contribution in [0, 0.1) is 15.9 Å². The number of aromatic carboxylic acids is 1. The molecule has 0 amide bonds. The first-order valence-electron chi connectivity index (χ1n) is 7.56. The van der Waals surface area contributed by atoms with Crippen LogP contribution >= 0.6 is 0 Å². The highest BCUT2D eigenvalue weighted by molar-refractivity contribution is 7.88. The molecule has 0 atom stereocenters. The molecule has 3 rings (SSSR count). The molecule has 0 radical (unpaired) electrons. The number of hydrogen-bond donors (Lipinski definition) is 1. The van der Waals surface area contributed by atoms with E-state index in [4.69, 9.17) is 4.42 Å². The second kappa shape index (κ2) is 6.98. The summed E-state index contributed by atoms with van der Waals surface area (Å²) in [7, 11) is -6.29. The molecule has 3 aromatic rings.